The Bertz CT molecular complexity index is 619. The largest absolute Gasteiger partial charge is 0.350 e. The topological polar surface area (TPSA) is 67.8 Å². The number of carbonyl (C=O) groups excluding carboxylic acids is 1. The van der Waals surface area contributed by atoms with E-state index in [0.29, 0.717) is 23.3 Å². The summed E-state index contributed by atoms with van der Waals surface area (Å²) in [4.78, 5) is 24.7. The molecular formula is C14H14Br2N4O. The molecule has 5 nitrogen and oxygen atoms in total. The average Bonchev–Trinajstić information content (AvgIpc) is 2.47. The lowest BCUT2D eigenvalue weighted by Crippen LogP contribution is -2.29. The molecule has 0 saturated heterocycles. The summed E-state index contributed by atoms with van der Waals surface area (Å²) in [6.07, 6.45) is 7.36. The van der Waals surface area contributed by atoms with Gasteiger partial charge in [-0.15, -0.1) is 0 Å². The molecule has 0 radical (unpaired) electrons. The van der Waals surface area contributed by atoms with Crippen LogP contribution in [0.4, 0.5) is 0 Å². The fourth-order valence-electron chi connectivity index (χ4n) is 1.92. The Labute approximate surface area is 139 Å². The molecule has 0 fully saturated rings. The lowest BCUT2D eigenvalue weighted by Gasteiger charge is -2.15. The molecule has 1 N–H and O–H groups in total. The molecule has 2 heterocycles. The molecule has 0 aliphatic rings. The Morgan fingerprint density at radius 3 is 2.67 bits per heavy atom. The maximum atomic E-state index is 12.3. The van der Waals surface area contributed by atoms with E-state index >= 15 is 0 Å². The molecule has 0 spiro atoms. The zero-order valence-electron chi connectivity index (χ0n) is 11.4. The molecule has 1 unspecified atom stereocenters. The van der Waals surface area contributed by atoms with Crippen LogP contribution in [-0.2, 0) is 11.3 Å². The van der Waals surface area contributed by atoms with Gasteiger partial charge in [-0.1, -0.05) is 6.92 Å². The number of nitrogens with zero attached hydrogens (tertiary/aromatic N) is 3. The van der Waals surface area contributed by atoms with Crippen LogP contribution in [0.1, 0.15) is 30.5 Å². The lowest BCUT2D eigenvalue weighted by molar-refractivity contribution is -0.122. The first kappa shape index (κ1) is 16.0. The smallest absolute Gasteiger partial charge is 0.227 e. The Hall–Kier alpha value is -1.34. The molecule has 7 heteroatoms. The number of hydrogen-bond acceptors (Lipinski definition) is 4. The van der Waals surface area contributed by atoms with Crippen molar-refractivity contribution in [2.24, 2.45) is 0 Å². The van der Waals surface area contributed by atoms with Crippen molar-refractivity contribution in [3.8, 4) is 0 Å². The monoisotopic (exact) mass is 412 g/mol. The van der Waals surface area contributed by atoms with E-state index in [1.54, 1.807) is 24.8 Å². The fraction of sp³-hybridized carbons (Fsp3) is 0.286. The van der Waals surface area contributed by atoms with E-state index in [1.165, 1.54) is 0 Å². The van der Waals surface area contributed by atoms with Gasteiger partial charge < -0.3 is 5.32 Å². The minimum atomic E-state index is -0.224. The van der Waals surface area contributed by atoms with E-state index in [2.05, 4.69) is 52.1 Å². The summed E-state index contributed by atoms with van der Waals surface area (Å²) in [6, 6.07) is 1.92. The van der Waals surface area contributed by atoms with Crippen LogP contribution in [0.3, 0.4) is 0 Å². The van der Waals surface area contributed by atoms with E-state index in [4.69, 9.17) is 0 Å². The van der Waals surface area contributed by atoms with Gasteiger partial charge in [-0.25, -0.2) is 4.98 Å². The van der Waals surface area contributed by atoms with Gasteiger partial charge in [0, 0.05) is 16.9 Å². The van der Waals surface area contributed by atoms with Crippen LogP contribution in [0.15, 0.2) is 39.9 Å². The second-order valence-electron chi connectivity index (χ2n) is 4.45. The van der Waals surface area contributed by atoms with Crippen molar-refractivity contribution >= 4 is 37.8 Å². The van der Waals surface area contributed by atoms with E-state index < -0.39 is 0 Å². The van der Waals surface area contributed by atoms with Crippen LogP contribution >= 0.6 is 31.9 Å². The summed E-state index contributed by atoms with van der Waals surface area (Å²) >= 11 is 6.60. The summed E-state index contributed by atoms with van der Waals surface area (Å²) in [5.41, 5.74) is 1.61. The minimum absolute atomic E-state index is 0.0397. The van der Waals surface area contributed by atoms with E-state index in [0.717, 1.165) is 10.0 Å². The van der Waals surface area contributed by atoms with Crippen LogP contribution in [-0.4, -0.2) is 20.9 Å². The van der Waals surface area contributed by atoms with Crippen LogP contribution in [0.5, 0.6) is 0 Å². The number of amides is 1. The highest BCUT2D eigenvalue weighted by Gasteiger charge is 2.19. The molecule has 0 aliphatic heterocycles. The second-order valence-corrected chi connectivity index (χ2v) is 6.17. The fourth-order valence-corrected chi connectivity index (χ4v) is 2.51. The van der Waals surface area contributed by atoms with Gasteiger partial charge in [-0.05, 0) is 49.9 Å². The molecule has 2 aromatic rings. The molecule has 0 aromatic carbocycles. The highest BCUT2D eigenvalue weighted by molar-refractivity contribution is 9.10. The summed E-state index contributed by atoms with van der Waals surface area (Å²) in [5.74, 6) is -0.263. The second kappa shape index (κ2) is 7.61. The third-order valence-corrected chi connectivity index (χ3v) is 3.81. The van der Waals surface area contributed by atoms with Crippen molar-refractivity contribution < 1.29 is 4.79 Å². The van der Waals surface area contributed by atoms with Gasteiger partial charge in [0.2, 0.25) is 5.91 Å². The minimum Gasteiger partial charge on any atom is -0.350 e. The van der Waals surface area contributed by atoms with Gasteiger partial charge in [0.15, 0.2) is 0 Å². The number of rotatable bonds is 5. The number of aromatic nitrogens is 3. The number of hydrogen-bond donors (Lipinski definition) is 1. The van der Waals surface area contributed by atoms with Gasteiger partial charge in [0.1, 0.15) is 4.60 Å². The standard InChI is InChI=1S/C14H14Br2N4O/c1-2-12(9-3-10(15)5-17-4-9)14(21)20-7-11-6-19-13(16)8-18-11/h3-6,8,12H,2,7H2,1H3,(H,20,21). The summed E-state index contributed by atoms with van der Waals surface area (Å²) in [5, 5.41) is 2.89. The Balaban J connectivity index is 2.02. The van der Waals surface area contributed by atoms with Gasteiger partial charge in [0.05, 0.1) is 30.6 Å². The van der Waals surface area contributed by atoms with Crippen molar-refractivity contribution in [3.05, 3.63) is 51.2 Å². The van der Waals surface area contributed by atoms with Crippen LogP contribution in [0.2, 0.25) is 0 Å². The molecule has 0 bridgehead atoms. The van der Waals surface area contributed by atoms with E-state index in [-0.39, 0.29) is 11.8 Å². The maximum Gasteiger partial charge on any atom is 0.227 e. The maximum absolute atomic E-state index is 12.3. The molecular weight excluding hydrogens is 400 g/mol. The molecule has 110 valence electrons. The predicted octanol–water partition coefficient (Wildman–Crippen LogP) is 3.21. The van der Waals surface area contributed by atoms with Crippen molar-refractivity contribution in [2.45, 2.75) is 25.8 Å². The molecule has 0 aliphatic carbocycles. The third-order valence-electron chi connectivity index (χ3n) is 2.97. The third kappa shape index (κ3) is 4.57. The number of halogens is 2. The first-order valence-electron chi connectivity index (χ1n) is 6.44. The van der Waals surface area contributed by atoms with E-state index in [1.807, 2.05) is 13.0 Å². The summed E-state index contributed by atoms with van der Waals surface area (Å²) < 4.78 is 1.54. The average molecular weight is 414 g/mol. The Morgan fingerprint density at radius 2 is 2.05 bits per heavy atom. The van der Waals surface area contributed by atoms with Gasteiger partial charge in [-0.3, -0.25) is 14.8 Å². The molecule has 21 heavy (non-hydrogen) atoms. The molecule has 1 atom stereocenters. The van der Waals surface area contributed by atoms with Crippen LogP contribution < -0.4 is 5.32 Å². The Morgan fingerprint density at radius 1 is 1.24 bits per heavy atom. The van der Waals surface area contributed by atoms with Gasteiger partial charge in [0.25, 0.3) is 0 Å². The van der Waals surface area contributed by atoms with Gasteiger partial charge in [-0.2, -0.15) is 0 Å². The molecule has 2 aromatic heterocycles. The number of carbonyl (C=O) groups is 1. The van der Waals surface area contributed by atoms with Crippen molar-refractivity contribution in [3.63, 3.8) is 0 Å². The normalized spacial score (nSPS) is 12.0. The summed E-state index contributed by atoms with van der Waals surface area (Å²) in [6.45, 7) is 2.33. The quantitative estimate of drug-likeness (QED) is 0.817. The zero-order valence-corrected chi connectivity index (χ0v) is 14.6. The first-order chi connectivity index (χ1) is 10.1. The lowest BCUT2D eigenvalue weighted by atomic mass is 9.97. The first-order valence-corrected chi connectivity index (χ1v) is 8.03. The van der Waals surface area contributed by atoms with Crippen LogP contribution in [0.25, 0.3) is 0 Å². The zero-order chi connectivity index (χ0) is 15.2. The molecule has 0 saturated carbocycles. The van der Waals surface area contributed by atoms with E-state index in [9.17, 15) is 4.79 Å². The van der Waals surface area contributed by atoms with Crippen molar-refractivity contribution in [1.82, 2.24) is 20.3 Å². The summed E-state index contributed by atoms with van der Waals surface area (Å²) in [7, 11) is 0. The molecule has 1 amide bonds. The highest BCUT2D eigenvalue weighted by Crippen LogP contribution is 2.22. The van der Waals surface area contributed by atoms with Crippen LogP contribution in [0, 0.1) is 0 Å². The Kier molecular flexibility index (Phi) is 5.81. The van der Waals surface area contributed by atoms with Gasteiger partial charge >= 0.3 is 0 Å². The highest BCUT2D eigenvalue weighted by atomic mass is 79.9. The predicted molar refractivity (Wildman–Crippen MR) is 86.5 cm³/mol. The number of nitrogens with one attached hydrogen (secondary N) is 1. The van der Waals surface area contributed by atoms with Crippen molar-refractivity contribution in [2.75, 3.05) is 0 Å². The SMILES string of the molecule is CCC(C(=O)NCc1cnc(Br)cn1)c1cncc(Br)c1. The number of pyridine rings is 1. The molecule has 2 rings (SSSR count). The van der Waals surface area contributed by atoms with Crippen molar-refractivity contribution in [1.29, 1.82) is 0 Å².